The molecule has 0 aliphatic carbocycles. The SMILES string of the molecule is C=Cc1nc(Cl)cc2ccccc12. The van der Waals surface area contributed by atoms with Crippen molar-refractivity contribution in [3.8, 4) is 0 Å². The van der Waals surface area contributed by atoms with Crippen molar-refractivity contribution in [1.29, 1.82) is 0 Å². The van der Waals surface area contributed by atoms with Gasteiger partial charge in [0, 0.05) is 5.39 Å². The van der Waals surface area contributed by atoms with Crippen molar-refractivity contribution in [2.24, 2.45) is 0 Å². The first kappa shape index (κ1) is 8.27. The van der Waals surface area contributed by atoms with Gasteiger partial charge in [0.15, 0.2) is 0 Å². The third-order valence-corrected chi connectivity index (χ3v) is 2.13. The van der Waals surface area contributed by atoms with E-state index < -0.39 is 0 Å². The summed E-state index contributed by atoms with van der Waals surface area (Å²) in [7, 11) is 0. The lowest BCUT2D eigenvalue weighted by molar-refractivity contribution is 1.33. The number of rotatable bonds is 1. The van der Waals surface area contributed by atoms with Crippen molar-refractivity contribution in [3.63, 3.8) is 0 Å². The van der Waals surface area contributed by atoms with E-state index in [0.29, 0.717) is 5.15 Å². The number of hydrogen-bond acceptors (Lipinski definition) is 1. The maximum absolute atomic E-state index is 5.84. The molecule has 0 N–H and O–H groups in total. The van der Waals surface area contributed by atoms with E-state index in [1.54, 1.807) is 6.08 Å². The predicted octanol–water partition coefficient (Wildman–Crippen LogP) is 3.53. The highest BCUT2D eigenvalue weighted by molar-refractivity contribution is 6.30. The molecule has 0 fully saturated rings. The van der Waals surface area contributed by atoms with Crippen LogP contribution in [0.15, 0.2) is 36.9 Å². The molecule has 0 aliphatic heterocycles. The molecule has 1 aromatic heterocycles. The Hall–Kier alpha value is -1.34. The maximum atomic E-state index is 5.84. The summed E-state index contributed by atoms with van der Waals surface area (Å²) >= 11 is 5.84. The number of hydrogen-bond donors (Lipinski definition) is 0. The number of benzene rings is 1. The Balaban J connectivity index is 2.89. The molecule has 64 valence electrons. The molecule has 0 saturated heterocycles. The Morgan fingerprint density at radius 3 is 2.85 bits per heavy atom. The first-order valence-corrected chi connectivity index (χ1v) is 4.37. The van der Waals surface area contributed by atoms with Gasteiger partial charge in [-0.1, -0.05) is 42.4 Å². The summed E-state index contributed by atoms with van der Waals surface area (Å²) in [4.78, 5) is 4.17. The second-order valence-electron chi connectivity index (χ2n) is 2.76. The van der Waals surface area contributed by atoms with E-state index in [1.165, 1.54) is 0 Å². The Morgan fingerprint density at radius 2 is 2.08 bits per heavy atom. The highest BCUT2D eigenvalue weighted by Crippen LogP contribution is 2.21. The quantitative estimate of drug-likeness (QED) is 0.626. The fourth-order valence-corrected chi connectivity index (χ4v) is 1.56. The molecule has 13 heavy (non-hydrogen) atoms. The lowest BCUT2D eigenvalue weighted by Crippen LogP contribution is -1.84. The van der Waals surface area contributed by atoms with Gasteiger partial charge in [0.1, 0.15) is 5.15 Å². The van der Waals surface area contributed by atoms with Crippen LogP contribution in [-0.4, -0.2) is 4.98 Å². The molecule has 1 heterocycles. The number of pyridine rings is 1. The molecule has 0 amide bonds. The first-order valence-electron chi connectivity index (χ1n) is 3.99. The minimum absolute atomic E-state index is 0.508. The molecule has 0 unspecified atom stereocenters. The molecule has 1 nitrogen and oxygen atoms in total. The zero-order valence-electron chi connectivity index (χ0n) is 7.00. The first-order chi connectivity index (χ1) is 6.31. The fraction of sp³-hybridized carbons (Fsp3) is 0. The highest BCUT2D eigenvalue weighted by atomic mass is 35.5. The van der Waals surface area contributed by atoms with Gasteiger partial charge in [-0.3, -0.25) is 0 Å². The van der Waals surface area contributed by atoms with Crippen LogP contribution in [0.2, 0.25) is 5.15 Å². The molecular formula is C11H8ClN. The van der Waals surface area contributed by atoms with Crippen LogP contribution in [0.4, 0.5) is 0 Å². The molecule has 2 aromatic rings. The van der Waals surface area contributed by atoms with Crippen LogP contribution in [0.3, 0.4) is 0 Å². The maximum Gasteiger partial charge on any atom is 0.130 e. The van der Waals surface area contributed by atoms with E-state index in [9.17, 15) is 0 Å². The molecule has 0 bridgehead atoms. The van der Waals surface area contributed by atoms with E-state index in [4.69, 9.17) is 11.6 Å². The number of halogens is 1. The third kappa shape index (κ3) is 1.43. The molecule has 0 saturated carbocycles. The van der Waals surface area contributed by atoms with Crippen molar-refractivity contribution in [2.45, 2.75) is 0 Å². The molecule has 0 atom stereocenters. The molecule has 2 rings (SSSR count). The third-order valence-electron chi connectivity index (χ3n) is 1.93. The van der Waals surface area contributed by atoms with E-state index in [0.717, 1.165) is 16.5 Å². The van der Waals surface area contributed by atoms with Crippen molar-refractivity contribution in [2.75, 3.05) is 0 Å². The van der Waals surface area contributed by atoms with Gasteiger partial charge in [0.05, 0.1) is 5.69 Å². The van der Waals surface area contributed by atoms with Gasteiger partial charge < -0.3 is 0 Å². The normalized spacial score (nSPS) is 10.2. The number of nitrogens with zero attached hydrogens (tertiary/aromatic N) is 1. The van der Waals surface area contributed by atoms with Gasteiger partial charge >= 0.3 is 0 Å². The van der Waals surface area contributed by atoms with Gasteiger partial charge in [-0.25, -0.2) is 4.98 Å². The van der Waals surface area contributed by atoms with Crippen LogP contribution >= 0.6 is 11.6 Å². The summed E-state index contributed by atoms with van der Waals surface area (Å²) < 4.78 is 0. The monoisotopic (exact) mass is 189 g/mol. The van der Waals surface area contributed by atoms with Crippen molar-refractivity contribution < 1.29 is 0 Å². The van der Waals surface area contributed by atoms with E-state index in [1.807, 2.05) is 30.3 Å². The topological polar surface area (TPSA) is 12.9 Å². The number of fused-ring (bicyclic) bond motifs is 1. The predicted molar refractivity (Wildman–Crippen MR) is 56.8 cm³/mol. The smallest absolute Gasteiger partial charge is 0.130 e. The van der Waals surface area contributed by atoms with E-state index in [2.05, 4.69) is 11.6 Å². The molecule has 0 radical (unpaired) electrons. The lowest BCUT2D eigenvalue weighted by atomic mass is 10.1. The summed E-state index contributed by atoms with van der Waals surface area (Å²) in [5.74, 6) is 0. The van der Waals surface area contributed by atoms with Crippen LogP contribution in [0.1, 0.15) is 5.69 Å². The van der Waals surface area contributed by atoms with Crippen LogP contribution < -0.4 is 0 Å². The van der Waals surface area contributed by atoms with Gasteiger partial charge in [-0.2, -0.15) is 0 Å². The van der Waals surface area contributed by atoms with Gasteiger partial charge in [-0.05, 0) is 17.5 Å². The fourth-order valence-electron chi connectivity index (χ4n) is 1.35. The Labute approximate surface area is 81.7 Å². The van der Waals surface area contributed by atoms with Crippen LogP contribution in [0.25, 0.3) is 16.8 Å². The summed E-state index contributed by atoms with van der Waals surface area (Å²) in [5.41, 5.74) is 0.836. The Kier molecular flexibility index (Phi) is 2.03. The summed E-state index contributed by atoms with van der Waals surface area (Å²) in [6.07, 6.45) is 1.72. The van der Waals surface area contributed by atoms with Crippen LogP contribution in [0, 0.1) is 0 Å². The molecular weight excluding hydrogens is 182 g/mol. The van der Waals surface area contributed by atoms with Crippen molar-refractivity contribution in [1.82, 2.24) is 4.98 Å². The zero-order chi connectivity index (χ0) is 9.26. The summed E-state index contributed by atoms with van der Waals surface area (Å²) in [6, 6.07) is 9.83. The average Bonchev–Trinajstić information content (AvgIpc) is 2.16. The van der Waals surface area contributed by atoms with Gasteiger partial charge in [-0.15, -0.1) is 0 Å². The van der Waals surface area contributed by atoms with Crippen molar-refractivity contribution in [3.05, 3.63) is 47.8 Å². The molecule has 2 heteroatoms. The minimum Gasteiger partial charge on any atom is -0.236 e. The van der Waals surface area contributed by atoms with Crippen LogP contribution in [-0.2, 0) is 0 Å². The zero-order valence-corrected chi connectivity index (χ0v) is 7.75. The minimum atomic E-state index is 0.508. The van der Waals surface area contributed by atoms with Gasteiger partial charge in [0.25, 0.3) is 0 Å². The van der Waals surface area contributed by atoms with Crippen molar-refractivity contribution >= 4 is 28.4 Å². The number of aromatic nitrogens is 1. The highest BCUT2D eigenvalue weighted by Gasteiger charge is 2.00. The Morgan fingerprint density at radius 1 is 1.31 bits per heavy atom. The van der Waals surface area contributed by atoms with Crippen LogP contribution in [0.5, 0.6) is 0 Å². The van der Waals surface area contributed by atoms with E-state index >= 15 is 0 Å². The summed E-state index contributed by atoms with van der Waals surface area (Å²) in [5, 5.41) is 2.69. The molecule has 0 spiro atoms. The largest absolute Gasteiger partial charge is 0.236 e. The molecule has 1 aromatic carbocycles. The average molecular weight is 190 g/mol. The second-order valence-corrected chi connectivity index (χ2v) is 3.14. The standard InChI is InChI=1S/C11H8ClN/c1-2-10-9-6-4-3-5-8(9)7-11(12)13-10/h2-7H,1H2. The summed E-state index contributed by atoms with van der Waals surface area (Å²) in [6.45, 7) is 3.70. The molecule has 0 aliphatic rings. The lowest BCUT2D eigenvalue weighted by Gasteiger charge is -2.01. The second kappa shape index (κ2) is 3.19. The Bertz CT molecular complexity index is 463. The van der Waals surface area contributed by atoms with E-state index in [-0.39, 0.29) is 0 Å². The van der Waals surface area contributed by atoms with Gasteiger partial charge in [0.2, 0.25) is 0 Å².